The molecule has 3 atom stereocenters. The van der Waals surface area contributed by atoms with Gasteiger partial charge in [0, 0.05) is 21.8 Å². The second-order valence-electron chi connectivity index (χ2n) is 5.19. The van der Waals surface area contributed by atoms with Crippen LogP contribution in [0, 0.1) is 6.92 Å². The molecule has 0 aliphatic carbocycles. The summed E-state index contributed by atoms with van der Waals surface area (Å²) >= 11 is 1.90. The van der Waals surface area contributed by atoms with Gasteiger partial charge in [0.1, 0.15) is 0 Å². The molecule has 2 heterocycles. The summed E-state index contributed by atoms with van der Waals surface area (Å²) in [5.74, 6) is 0. The first-order valence-electron chi connectivity index (χ1n) is 6.71. The zero-order valence-corrected chi connectivity index (χ0v) is 12.0. The van der Waals surface area contributed by atoms with Crippen LogP contribution >= 0.6 is 11.3 Å². The quantitative estimate of drug-likeness (QED) is 0.890. The molecule has 2 nitrogen and oxygen atoms in total. The Morgan fingerprint density at radius 3 is 2.82 bits per heavy atom. The molecule has 1 aliphatic heterocycles. The fourth-order valence-electron chi connectivity index (χ4n) is 3.00. The molecule has 0 bridgehead atoms. The van der Waals surface area contributed by atoms with Crippen LogP contribution in [-0.4, -0.2) is 23.5 Å². The molecule has 1 aromatic heterocycles. The number of nitrogens with two attached hydrogens (primary N) is 1. The fraction of sp³-hybridized carbons (Fsp3) is 0.714. The van der Waals surface area contributed by atoms with Crippen molar-refractivity contribution in [3.05, 3.63) is 21.9 Å². The van der Waals surface area contributed by atoms with Crippen molar-refractivity contribution in [3.63, 3.8) is 0 Å². The third-order valence-electron chi connectivity index (χ3n) is 3.80. The van der Waals surface area contributed by atoms with E-state index in [-0.39, 0.29) is 6.04 Å². The minimum absolute atomic E-state index is 0.209. The Morgan fingerprint density at radius 2 is 2.29 bits per heavy atom. The van der Waals surface area contributed by atoms with Gasteiger partial charge in [-0.05, 0) is 51.8 Å². The fourth-order valence-corrected chi connectivity index (χ4v) is 4.11. The van der Waals surface area contributed by atoms with Gasteiger partial charge in [-0.25, -0.2) is 0 Å². The first-order chi connectivity index (χ1) is 8.13. The molecular weight excluding hydrogens is 228 g/mol. The molecule has 3 heteroatoms. The van der Waals surface area contributed by atoms with E-state index in [0.29, 0.717) is 6.04 Å². The van der Waals surface area contributed by atoms with E-state index in [1.54, 1.807) is 0 Å². The van der Waals surface area contributed by atoms with Crippen LogP contribution in [-0.2, 0) is 0 Å². The van der Waals surface area contributed by atoms with E-state index < -0.39 is 0 Å². The molecule has 0 saturated carbocycles. The maximum absolute atomic E-state index is 6.24. The van der Waals surface area contributed by atoms with Crippen LogP contribution in [0.3, 0.4) is 0 Å². The maximum atomic E-state index is 6.24. The smallest absolute Gasteiger partial charge is 0.0593 e. The van der Waals surface area contributed by atoms with Crippen LogP contribution in [0.15, 0.2) is 12.1 Å². The third kappa shape index (κ3) is 2.72. The minimum Gasteiger partial charge on any atom is -0.326 e. The average Bonchev–Trinajstić information content (AvgIpc) is 2.88. The minimum atomic E-state index is 0.209. The molecule has 1 fully saturated rings. The molecule has 3 unspecified atom stereocenters. The zero-order valence-electron chi connectivity index (χ0n) is 11.1. The Labute approximate surface area is 109 Å². The lowest BCUT2D eigenvalue weighted by Crippen LogP contribution is -2.41. The van der Waals surface area contributed by atoms with Gasteiger partial charge in [0.05, 0.1) is 6.04 Å². The number of rotatable bonds is 4. The van der Waals surface area contributed by atoms with Crippen LogP contribution in [0.5, 0.6) is 0 Å². The second-order valence-corrected chi connectivity index (χ2v) is 6.51. The molecule has 0 spiro atoms. The maximum Gasteiger partial charge on any atom is 0.0593 e. The van der Waals surface area contributed by atoms with Gasteiger partial charge in [-0.2, -0.15) is 0 Å². The van der Waals surface area contributed by atoms with Crippen LogP contribution in [0.2, 0.25) is 0 Å². The van der Waals surface area contributed by atoms with E-state index in [4.69, 9.17) is 5.73 Å². The lowest BCUT2D eigenvalue weighted by molar-refractivity contribution is 0.160. The number of hydrogen-bond acceptors (Lipinski definition) is 3. The topological polar surface area (TPSA) is 29.3 Å². The zero-order chi connectivity index (χ0) is 12.4. The Kier molecular flexibility index (Phi) is 4.23. The van der Waals surface area contributed by atoms with E-state index in [0.717, 1.165) is 6.04 Å². The largest absolute Gasteiger partial charge is 0.326 e. The molecule has 1 saturated heterocycles. The summed E-state index contributed by atoms with van der Waals surface area (Å²) in [4.78, 5) is 5.46. The van der Waals surface area contributed by atoms with Crippen molar-refractivity contribution >= 4 is 11.3 Å². The van der Waals surface area contributed by atoms with Crippen LogP contribution in [0.25, 0.3) is 0 Å². The number of hydrogen-bond donors (Lipinski definition) is 1. The number of thiophene rings is 1. The van der Waals surface area contributed by atoms with Gasteiger partial charge in [0.25, 0.3) is 0 Å². The first kappa shape index (κ1) is 13.1. The highest BCUT2D eigenvalue weighted by Crippen LogP contribution is 2.35. The van der Waals surface area contributed by atoms with Gasteiger partial charge >= 0.3 is 0 Å². The highest BCUT2D eigenvalue weighted by molar-refractivity contribution is 7.12. The van der Waals surface area contributed by atoms with Gasteiger partial charge in [0.15, 0.2) is 0 Å². The van der Waals surface area contributed by atoms with Crippen molar-refractivity contribution in [1.82, 2.24) is 4.90 Å². The predicted molar refractivity (Wildman–Crippen MR) is 75.5 cm³/mol. The van der Waals surface area contributed by atoms with Gasteiger partial charge in [0.2, 0.25) is 0 Å². The normalized spacial score (nSPS) is 25.1. The van der Waals surface area contributed by atoms with Crippen LogP contribution in [0.4, 0.5) is 0 Å². The molecule has 2 rings (SSSR count). The van der Waals surface area contributed by atoms with E-state index in [1.807, 2.05) is 11.3 Å². The number of aryl methyl sites for hydroxylation is 1. The molecule has 0 aromatic carbocycles. The van der Waals surface area contributed by atoms with Gasteiger partial charge < -0.3 is 5.73 Å². The molecule has 0 amide bonds. The van der Waals surface area contributed by atoms with Crippen molar-refractivity contribution in [2.75, 3.05) is 6.54 Å². The van der Waals surface area contributed by atoms with Crippen molar-refractivity contribution in [2.45, 2.75) is 58.2 Å². The highest BCUT2D eigenvalue weighted by Gasteiger charge is 2.33. The summed E-state index contributed by atoms with van der Waals surface area (Å²) in [6, 6.07) is 5.83. The van der Waals surface area contributed by atoms with Gasteiger partial charge in [-0.15, -0.1) is 11.3 Å². The van der Waals surface area contributed by atoms with Crippen molar-refractivity contribution in [1.29, 1.82) is 0 Å². The Balaban J connectivity index is 2.23. The average molecular weight is 252 g/mol. The van der Waals surface area contributed by atoms with E-state index in [2.05, 4.69) is 37.8 Å². The van der Waals surface area contributed by atoms with E-state index >= 15 is 0 Å². The van der Waals surface area contributed by atoms with Crippen LogP contribution in [0.1, 0.15) is 48.9 Å². The van der Waals surface area contributed by atoms with Crippen molar-refractivity contribution in [2.24, 2.45) is 5.73 Å². The summed E-state index contributed by atoms with van der Waals surface area (Å²) in [5.41, 5.74) is 6.24. The third-order valence-corrected chi connectivity index (χ3v) is 4.87. The summed E-state index contributed by atoms with van der Waals surface area (Å²) in [6.45, 7) is 7.82. The Morgan fingerprint density at radius 1 is 1.53 bits per heavy atom. The van der Waals surface area contributed by atoms with E-state index in [1.165, 1.54) is 35.6 Å². The molecule has 1 aliphatic rings. The molecular formula is C14H24N2S. The van der Waals surface area contributed by atoms with Gasteiger partial charge in [-0.1, -0.05) is 6.92 Å². The van der Waals surface area contributed by atoms with Crippen molar-refractivity contribution in [3.8, 4) is 0 Å². The summed E-state index contributed by atoms with van der Waals surface area (Å²) in [7, 11) is 0. The number of likely N-dealkylation sites (tertiary alicyclic amines) is 1. The van der Waals surface area contributed by atoms with Crippen LogP contribution < -0.4 is 5.73 Å². The standard InChI is InChI=1S/C14H24N2S/c1-4-12-6-5-9-16(12)14(11(3)15)13-8-7-10(2)17-13/h7-8,11-12,14H,4-6,9,15H2,1-3H3. The summed E-state index contributed by atoms with van der Waals surface area (Å²) in [5, 5.41) is 0. The molecule has 1 aromatic rings. The summed E-state index contributed by atoms with van der Waals surface area (Å²) < 4.78 is 0. The van der Waals surface area contributed by atoms with Crippen molar-refractivity contribution < 1.29 is 0 Å². The lowest BCUT2D eigenvalue weighted by atomic mass is 10.0. The monoisotopic (exact) mass is 252 g/mol. The SMILES string of the molecule is CCC1CCCN1C(c1ccc(C)s1)C(C)N. The molecule has 0 radical (unpaired) electrons. The first-order valence-corrected chi connectivity index (χ1v) is 7.52. The predicted octanol–water partition coefficient (Wildman–Crippen LogP) is 3.32. The Bertz CT molecular complexity index is 359. The van der Waals surface area contributed by atoms with Gasteiger partial charge in [-0.3, -0.25) is 4.90 Å². The molecule has 17 heavy (non-hydrogen) atoms. The van der Waals surface area contributed by atoms with E-state index in [9.17, 15) is 0 Å². The molecule has 2 N–H and O–H groups in total. The second kappa shape index (κ2) is 5.51. The highest BCUT2D eigenvalue weighted by atomic mass is 32.1. The lowest BCUT2D eigenvalue weighted by Gasteiger charge is -2.34. The molecule has 96 valence electrons. The number of nitrogens with zero attached hydrogens (tertiary/aromatic N) is 1. The Hall–Kier alpha value is -0.380. The summed E-state index contributed by atoms with van der Waals surface area (Å²) in [6.07, 6.45) is 3.91.